The van der Waals surface area contributed by atoms with Crippen molar-refractivity contribution in [2.24, 2.45) is 0 Å². The van der Waals surface area contributed by atoms with Gasteiger partial charge in [-0.1, -0.05) is 6.07 Å². The van der Waals surface area contributed by atoms with Crippen molar-refractivity contribution in [1.82, 2.24) is 10.3 Å². The molecule has 2 aromatic rings. The summed E-state index contributed by atoms with van der Waals surface area (Å²) in [4.78, 5) is 27.0. The molecule has 0 unspecified atom stereocenters. The lowest BCUT2D eigenvalue weighted by Gasteiger charge is -2.07. The van der Waals surface area contributed by atoms with Gasteiger partial charge in [0.25, 0.3) is 0 Å². The summed E-state index contributed by atoms with van der Waals surface area (Å²) in [6.45, 7) is -0.00659. The number of pyridine rings is 1. The molecule has 0 radical (unpaired) electrons. The van der Waals surface area contributed by atoms with Gasteiger partial charge in [0.1, 0.15) is 0 Å². The van der Waals surface area contributed by atoms with E-state index in [2.05, 4.69) is 10.3 Å². The Balaban J connectivity index is 1.97. The smallest absolute Gasteiger partial charge is 0.313 e. The fourth-order valence-corrected chi connectivity index (χ4v) is 1.56. The lowest BCUT2D eigenvalue weighted by molar-refractivity contribution is -0.136. The van der Waals surface area contributed by atoms with Crippen molar-refractivity contribution in [1.29, 1.82) is 0 Å². The van der Waals surface area contributed by atoms with E-state index < -0.39 is 35.0 Å². The standard InChI is InChI=1S/C14H10F3N3O2/c15-9-4-5-10(12(17)11(9)16)20-14(22)13(21)19-7-8-3-1-2-6-18-8/h1-6H,7H2,(H,19,21)(H,20,22). The zero-order valence-corrected chi connectivity index (χ0v) is 11.1. The zero-order chi connectivity index (χ0) is 16.1. The van der Waals surface area contributed by atoms with Crippen LogP contribution < -0.4 is 10.6 Å². The van der Waals surface area contributed by atoms with Crippen molar-refractivity contribution in [3.05, 3.63) is 59.7 Å². The number of amides is 2. The molecule has 2 rings (SSSR count). The highest BCUT2D eigenvalue weighted by Crippen LogP contribution is 2.19. The number of rotatable bonds is 3. The van der Waals surface area contributed by atoms with E-state index in [-0.39, 0.29) is 6.54 Å². The second-order valence-corrected chi connectivity index (χ2v) is 4.18. The fourth-order valence-electron chi connectivity index (χ4n) is 1.56. The molecule has 0 saturated carbocycles. The summed E-state index contributed by atoms with van der Waals surface area (Å²) in [6, 6.07) is 6.47. The van der Waals surface area contributed by atoms with Gasteiger partial charge >= 0.3 is 11.8 Å². The Bertz CT molecular complexity index is 708. The van der Waals surface area contributed by atoms with E-state index in [0.29, 0.717) is 11.8 Å². The summed E-state index contributed by atoms with van der Waals surface area (Å²) < 4.78 is 39.1. The average Bonchev–Trinajstić information content (AvgIpc) is 2.54. The molecule has 5 nitrogen and oxygen atoms in total. The Morgan fingerprint density at radius 1 is 1.00 bits per heavy atom. The summed E-state index contributed by atoms with van der Waals surface area (Å²) in [5, 5.41) is 4.12. The molecular weight excluding hydrogens is 299 g/mol. The number of hydrogen-bond acceptors (Lipinski definition) is 3. The summed E-state index contributed by atoms with van der Waals surface area (Å²) in [5.41, 5.74) is -0.112. The predicted octanol–water partition coefficient (Wildman–Crippen LogP) is 1.75. The largest absolute Gasteiger partial charge is 0.342 e. The van der Waals surface area contributed by atoms with Crippen LogP contribution in [0.5, 0.6) is 0 Å². The Morgan fingerprint density at radius 2 is 1.77 bits per heavy atom. The fraction of sp³-hybridized carbons (Fsp3) is 0.0714. The van der Waals surface area contributed by atoms with Gasteiger partial charge in [0.15, 0.2) is 17.5 Å². The lowest BCUT2D eigenvalue weighted by Crippen LogP contribution is -2.35. The van der Waals surface area contributed by atoms with Crippen LogP contribution in [0.4, 0.5) is 18.9 Å². The lowest BCUT2D eigenvalue weighted by atomic mass is 10.2. The molecule has 22 heavy (non-hydrogen) atoms. The van der Waals surface area contributed by atoms with Crippen LogP contribution in [0, 0.1) is 17.5 Å². The van der Waals surface area contributed by atoms with Gasteiger partial charge < -0.3 is 10.6 Å². The van der Waals surface area contributed by atoms with Crippen LogP contribution in [0.25, 0.3) is 0 Å². The molecule has 0 bridgehead atoms. The first-order valence-corrected chi connectivity index (χ1v) is 6.11. The van der Waals surface area contributed by atoms with E-state index in [1.165, 1.54) is 6.20 Å². The summed E-state index contributed by atoms with van der Waals surface area (Å²) in [5.74, 6) is -6.97. The number of anilines is 1. The number of carbonyl (C=O) groups excluding carboxylic acids is 2. The van der Waals surface area contributed by atoms with Crippen molar-refractivity contribution >= 4 is 17.5 Å². The maximum absolute atomic E-state index is 13.4. The quantitative estimate of drug-likeness (QED) is 0.670. The number of carbonyl (C=O) groups is 2. The highest BCUT2D eigenvalue weighted by atomic mass is 19.2. The first-order chi connectivity index (χ1) is 10.5. The van der Waals surface area contributed by atoms with Crippen LogP contribution in [0.15, 0.2) is 36.5 Å². The number of nitrogens with zero attached hydrogens (tertiary/aromatic N) is 1. The molecule has 0 saturated heterocycles. The third-order valence-electron chi connectivity index (χ3n) is 2.65. The van der Waals surface area contributed by atoms with Crippen molar-refractivity contribution in [2.45, 2.75) is 6.54 Å². The highest BCUT2D eigenvalue weighted by Gasteiger charge is 2.19. The van der Waals surface area contributed by atoms with Gasteiger partial charge in [0, 0.05) is 6.20 Å². The Hall–Kier alpha value is -2.90. The number of hydrogen-bond donors (Lipinski definition) is 2. The van der Waals surface area contributed by atoms with Crippen molar-refractivity contribution in [2.75, 3.05) is 5.32 Å². The molecule has 2 N–H and O–H groups in total. The van der Waals surface area contributed by atoms with Crippen molar-refractivity contribution < 1.29 is 22.8 Å². The first-order valence-electron chi connectivity index (χ1n) is 6.11. The molecule has 1 heterocycles. The van der Waals surface area contributed by atoms with Gasteiger partial charge in [-0.2, -0.15) is 0 Å². The van der Waals surface area contributed by atoms with Gasteiger partial charge in [-0.25, -0.2) is 13.2 Å². The highest BCUT2D eigenvalue weighted by molar-refractivity contribution is 6.39. The Kier molecular flexibility index (Phi) is 4.72. The molecule has 0 aliphatic heterocycles. The predicted molar refractivity (Wildman–Crippen MR) is 71.0 cm³/mol. The van der Waals surface area contributed by atoms with Crippen LogP contribution in [0.2, 0.25) is 0 Å². The summed E-state index contributed by atoms with van der Waals surface area (Å²) in [7, 11) is 0. The van der Waals surface area contributed by atoms with Crippen molar-refractivity contribution in [3.8, 4) is 0 Å². The normalized spacial score (nSPS) is 10.1. The number of nitrogens with one attached hydrogen (secondary N) is 2. The maximum atomic E-state index is 13.4. The van der Waals surface area contributed by atoms with E-state index in [1.807, 2.05) is 5.32 Å². The molecule has 0 fully saturated rings. The number of aromatic nitrogens is 1. The minimum absolute atomic E-state index is 0.00659. The van der Waals surface area contributed by atoms with Crippen LogP contribution >= 0.6 is 0 Å². The minimum atomic E-state index is -1.73. The third kappa shape index (κ3) is 3.60. The van der Waals surface area contributed by atoms with Crippen molar-refractivity contribution in [3.63, 3.8) is 0 Å². The SMILES string of the molecule is O=C(NCc1ccccn1)C(=O)Nc1ccc(F)c(F)c1F. The molecule has 1 aromatic heterocycles. The topological polar surface area (TPSA) is 71.1 Å². The Labute approximate surface area is 123 Å². The van der Waals surface area contributed by atoms with E-state index >= 15 is 0 Å². The molecular formula is C14H10F3N3O2. The molecule has 2 amide bonds. The second-order valence-electron chi connectivity index (χ2n) is 4.18. The van der Waals surface area contributed by atoms with Crippen LogP contribution in [0.3, 0.4) is 0 Å². The number of benzene rings is 1. The van der Waals surface area contributed by atoms with Gasteiger partial charge in [-0.3, -0.25) is 14.6 Å². The van der Waals surface area contributed by atoms with E-state index in [1.54, 1.807) is 18.2 Å². The Morgan fingerprint density at radius 3 is 2.45 bits per heavy atom. The maximum Gasteiger partial charge on any atom is 0.313 e. The summed E-state index contributed by atoms with van der Waals surface area (Å²) >= 11 is 0. The average molecular weight is 309 g/mol. The van der Waals surface area contributed by atoms with E-state index in [9.17, 15) is 22.8 Å². The van der Waals surface area contributed by atoms with E-state index in [0.717, 1.165) is 6.07 Å². The molecule has 0 spiro atoms. The first kappa shape index (κ1) is 15.5. The van der Waals surface area contributed by atoms with Crippen LogP contribution in [-0.4, -0.2) is 16.8 Å². The van der Waals surface area contributed by atoms with E-state index in [4.69, 9.17) is 0 Å². The molecule has 1 aromatic carbocycles. The minimum Gasteiger partial charge on any atom is -0.342 e. The van der Waals surface area contributed by atoms with Gasteiger partial charge in [-0.05, 0) is 24.3 Å². The molecule has 0 atom stereocenters. The van der Waals surface area contributed by atoms with Gasteiger partial charge in [0.05, 0.1) is 17.9 Å². The van der Waals surface area contributed by atoms with Gasteiger partial charge in [-0.15, -0.1) is 0 Å². The zero-order valence-electron chi connectivity index (χ0n) is 11.1. The molecule has 114 valence electrons. The number of halogens is 3. The van der Waals surface area contributed by atoms with Crippen LogP contribution in [-0.2, 0) is 16.1 Å². The molecule has 8 heteroatoms. The van der Waals surface area contributed by atoms with Gasteiger partial charge in [0.2, 0.25) is 0 Å². The molecule has 0 aliphatic carbocycles. The van der Waals surface area contributed by atoms with Crippen LogP contribution in [0.1, 0.15) is 5.69 Å². The summed E-state index contributed by atoms with van der Waals surface area (Å²) in [6.07, 6.45) is 1.51. The second kappa shape index (κ2) is 6.70. The monoisotopic (exact) mass is 309 g/mol. The molecule has 0 aliphatic rings. The third-order valence-corrected chi connectivity index (χ3v) is 2.65.